The third-order valence-electron chi connectivity index (χ3n) is 2.96. The van der Waals surface area contributed by atoms with Gasteiger partial charge in [-0.2, -0.15) is 0 Å². The Labute approximate surface area is 138 Å². The number of nitrogens with one attached hydrogen (secondary N) is 1. The van der Waals surface area contributed by atoms with Crippen LogP contribution in [0.15, 0.2) is 53.0 Å². The van der Waals surface area contributed by atoms with Crippen molar-refractivity contribution in [3.8, 4) is 11.8 Å². The molecule has 0 saturated heterocycles. The van der Waals surface area contributed by atoms with Crippen LogP contribution < -0.4 is 5.32 Å². The van der Waals surface area contributed by atoms with Gasteiger partial charge in [0.1, 0.15) is 6.61 Å². The molecule has 112 valence electrons. The van der Waals surface area contributed by atoms with Crippen LogP contribution in [0.1, 0.15) is 16.7 Å². The molecule has 4 heteroatoms. The first-order chi connectivity index (χ1) is 10.6. The smallest absolute Gasteiger partial charge is 0.408 e. The molecule has 0 aliphatic carbocycles. The lowest BCUT2D eigenvalue weighted by molar-refractivity contribution is 0.141. The molecular weight excluding hydrogens is 342 g/mol. The Morgan fingerprint density at radius 1 is 1.23 bits per heavy atom. The molecule has 0 radical (unpaired) electrons. The number of carbonyl (C=O) groups is 1. The Kier molecular flexibility index (Phi) is 6.05. The summed E-state index contributed by atoms with van der Waals surface area (Å²) in [6.07, 6.45) is -0.468. The van der Waals surface area contributed by atoms with Crippen LogP contribution >= 0.6 is 15.9 Å². The van der Waals surface area contributed by atoms with Crippen molar-refractivity contribution in [3.05, 3.63) is 69.7 Å². The maximum absolute atomic E-state index is 11.5. The number of aryl methyl sites for hydroxylation is 1. The van der Waals surface area contributed by atoms with Crippen LogP contribution in [0.2, 0.25) is 0 Å². The molecule has 0 atom stereocenters. The molecule has 0 bridgehead atoms. The average Bonchev–Trinajstić information content (AvgIpc) is 2.53. The van der Waals surface area contributed by atoms with Crippen molar-refractivity contribution >= 4 is 22.0 Å². The Balaban J connectivity index is 1.78. The van der Waals surface area contributed by atoms with E-state index in [2.05, 4.69) is 33.1 Å². The van der Waals surface area contributed by atoms with Gasteiger partial charge in [-0.1, -0.05) is 64.2 Å². The molecule has 2 rings (SSSR count). The van der Waals surface area contributed by atoms with E-state index in [1.165, 1.54) is 0 Å². The van der Waals surface area contributed by atoms with Crippen molar-refractivity contribution in [3.63, 3.8) is 0 Å². The summed E-state index contributed by atoms with van der Waals surface area (Å²) in [4.78, 5) is 11.5. The highest BCUT2D eigenvalue weighted by Crippen LogP contribution is 2.14. The second kappa shape index (κ2) is 8.26. The summed E-state index contributed by atoms with van der Waals surface area (Å²) in [6.45, 7) is 2.50. The summed E-state index contributed by atoms with van der Waals surface area (Å²) in [5.41, 5.74) is 2.99. The summed E-state index contributed by atoms with van der Waals surface area (Å²) in [5.74, 6) is 5.95. The van der Waals surface area contributed by atoms with Gasteiger partial charge in [0.05, 0.1) is 6.54 Å². The largest absolute Gasteiger partial charge is 0.445 e. The fraction of sp³-hybridized carbons (Fsp3) is 0.167. The Bertz CT molecular complexity index is 702. The first-order valence-corrected chi connectivity index (χ1v) is 7.64. The van der Waals surface area contributed by atoms with Gasteiger partial charge in [0.2, 0.25) is 0 Å². The van der Waals surface area contributed by atoms with E-state index in [0.717, 1.165) is 21.2 Å². The standard InChI is InChI=1S/C18H16BrNO2/c1-14-9-10-17(19)12-16(14)8-5-11-20-18(21)22-13-15-6-3-2-4-7-15/h2-4,6-7,9-10,12H,11,13H2,1H3,(H,20,21). The normalized spacial score (nSPS) is 9.55. The van der Waals surface area contributed by atoms with E-state index in [9.17, 15) is 4.79 Å². The first kappa shape index (κ1) is 16.1. The molecule has 2 aromatic rings. The molecule has 0 saturated carbocycles. The molecule has 22 heavy (non-hydrogen) atoms. The molecule has 0 unspecified atom stereocenters. The van der Waals surface area contributed by atoms with Crippen LogP contribution in [0.3, 0.4) is 0 Å². The van der Waals surface area contributed by atoms with Crippen molar-refractivity contribution < 1.29 is 9.53 Å². The van der Waals surface area contributed by atoms with Gasteiger partial charge in [-0.3, -0.25) is 0 Å². The summed E-state index contributed by atoms with van der Waals surface area (Å²) in [7, 11) is 0. The molecule has 3 nitrogen and oxygen atoms in total. The molecule has 0 aliphatic heterocycles. The van der Waals surface area contributed by atoms with E-state index in [1.807, 2.05) is 55.5 Å². The van der Waals surface area contributed by atoms with Crippen LogP contribution in [-0.4, -0.2) is 12.6 Å². The van der Waals surface area contributed by atoms with E-state index in [1.54, 1.807) is 0 Å². The minimum Gasteiger partial charge on any atom is -0.445 e. The van der Waals surface area contributed by atoms with Crippen LogP contribution in [0.4, 0.5) is 4.79 Å². The number of halogens is 1. The molecule has 0 aromatic heterocycles. The van der Waals surface area contributed by atoms with Crippen LogP contribution in [0, 0.1) is 18.8 Å². The fourth-order valence-corrected chi connectivity index (χ4v) is 2.12. The van der Waals surface area contributed by atoms with Gasteiger partial charge in [-0.15, -0.1) is 0 Å². The zero-order chi connectivity index (χ0) is 15.8. The monoisotopic (exact) mass is 357 g/mol. The Morgan fingerprint density at radius 3 is 2.77 bits per heavy atom. The molecule has 0 heterocycles. The van der Waals surface area contributed by atoms with E-state index in [4.69, 9.17) is 4.74 Å². The molecule has 0 fully saturated rings. The van der Waals surface area contributed by atoms with Crippen LogP contribution in [-0.2, 0) is 11.3 Å². The molecular formula is C18H16BrNO2. The minimum absolute atomic E-state index is 0.250. The molecule has 1 amide bonds. The van der Waals surface area contributed by atoms with Gasteiger partial charge >= 0.3 is 6.09 Å². The number of alkyl carbamates (subject to hydrolysis) is 1. The third-order valence-corrected chi connectivity index (χ3v) is 3.45. The van der Waals surface area contributed by atoms with Crippen molar-refractivity contribution in [2.24, 2.45) is 0 Å². The maximum Gasteiger partial charge on any atom is 0.408 e. The van der Waals surface area contributed by atoms with Gasteiger partial charge in [0, 0.05) is 10.0 Å². The maximum atomic E-state index is 11.5. The van der Waals surface area contributed by atoms with Gasteiger partial charge in [-0.05, 0) is 30.2 Å². The summed E-state index contributed by atoms with van der Waals surface area (Å²) in [6, 6.07) is 15.5. The van der Waals surface area contributed by atoms with E-state index >= 15 is 0 Å². The number of hydrogen-bond acceptors (Lipinski definition) is 2. The number of carbonyl (C=O) groups excluding carboxylic acids is 1. The van der Waals surface area contributed by atoms with E-state index < -0.39 is 6.09 Å². The van der Waals surface area contributed by atoms with E-state index in [-0.39, 0.29) is 13.2 Å². The van der Waals surface area contributed by atoms with E-state index in [0.29, 0.717) is 0 Å². The predicted molar refractivity (Wildman–Crippen MR) is 90.4 cm³/mol. The summed E-state index contributed by atoms with van der Waals surface area (Å²) >= 11 is 3.41. The first-order valence-electron chi connectivity index (χ1n) is 6.85. The van der Waals surface area contributed by atoms with Gasteiger partial charge < -0.3 is 10.1 Å². The second-order valence-electron chi connectivity index (χ2n) is 4.68. The van der Waals surface area contributed by atoms with Crippen LogP contribution in [0.25, 0.3) is 0 Å². The second-order valence-corrected chi connectivity index (χ2v) is 5.59. The Morgan fingerprint density at radius 2 is 2.00 bits per heavy atom. The highest BCUT2D eigenvalue weighted by Gasteiger charge is 2.00. The molecule has 2 aromatic carbocycles. The molecule has 0 spiro atoms. The predicted octanol–water partition coefficient (Wildman–Crippen LogP) is 4.04. The van der Waals surface area contributed by atoms with Crippen molar-refractivity contribution in [2.45, 2.75) is 13.5 Å². The number of benzene rings is 2. The summed E-state index contributed by atoms with van der Waals surface area (Å²) < 4.78 is 6.08. The quantitative estimate of drug-likeness (QED) is 0.842. The van der Waals surface area contributed by atoms with Crippen LogP contribution in [0.5, 0.6) is 0 Å². The third kappa shape index (κ3) is 5.27. The lowest BCUT2D eigenvalue weighted by Crippen LogP contribution is -2.24. The average molecular weight is 358 g/mol. The highest BCUT2D eigenvalue weighted by atomic mass is 79.9. The number of rotatable bonds is 3. The van der Waals surface area contributed by atoms with Gasteiger partial charge in [0.25, 0.3) is 0 Å². The topological polar surface area (TPSA) is 38.3 Å². The number of amides is 1. The lowest BCUT2D eigenvalue weighted by atomic mass is 10.1. The Hall–Kier alpha value is -2.25. The number of ether oxygens (including phenoxy) is 1. The highest BCUT2D eigenvalue weighted by molar-refractivity contribution is 9.10. The zero-order valence-corrected chi connectivity index (χ0v) is 13.8. The van der Waals surface area contributed by atoms with Gasteiger partial charge in [-0.25, -0.2) is 4.79 Å². The van der Waals surface area contributed by atoms with Crippen molar-refractivity contribution in [1.29, 1.82) is 0 Å². The fourth-order valence-electron chi connectivity index (χ4n) is 1.76. The number of hydrogen-bond donors (Lipinski definition) is 1. The summed E-state index contributed by atoms with van der Waals surface area (Å²) in [5, 5.41) is 2.61. The zero-order valence-electron chi connectivity index (χ0n) is 12.2. The van der Waals surface area contributed by atoms with Crippen molar-refractivity contribution in [2.75, 3.05) is 6.54 Å². The van der Waals surface area contributed by atoms with Gasteiger partial charge in [0.15, 0.2) is 0 Å². The van der Waals surface area contributed by atoms with Crippen molar-refractivity contribution in [1.82, 2.24) is 5.32 Å². The molecule has 1 N–H and O–H groups in total. The lowest BCUT2D eigenvalue weighted by Gasteiger charge is -2.04. The SMILES string of the molecule is Cc1ccc(Br)cc1C#CCNC(=O)OCc1ccccc1. The minimum atomic E-state index is -0.468. The molecule has 0 aliphatic rings.